The van der Waals surface area contributed by atoms with Crippen LogP contribution in [-0.2, 0) is 4.79 Å². The van der Waals surface area contributed by atoms with Crippen molar-refractivity contribution < 1.29 is 24.2 Å². The molecule has 0 saturated carbocycles. The molecule has 1 aromatic carbocycles. The van der Waals surface area contributed by atoms with E-state index < -0.39 is 5.97 Å². The molecule has 0 aliphatic carbocycles. The highest BCUT2D eigenvalue weighted by Crippen LogP contribution is 2.36. The molecule has 0 heterocycles. The SMILES string of the molecule is COc1cc(C(=O)N(CC(=O)O)C(C)C)cc(Br)c1OC. The van der Waals surface area contributed by atoms with Crippen molar-refractivity contribution in [2.45, 2.75) is 19.9 Å². The van der Waals surface area contributed by atoms with E-state index in [9.17, 15) is 9.59 Å². The van der Waals surface area contributed by atoms with Gasteiger partial charge in [0.1, 0.15) is 6.54 Å². The summed E-state index contributed by atoms with van der Waals surface area (Å²) >= 11 is 3.31. The highest BCUT2D eigenvalue weighted by atomic mass is 79.9. The molecule has 1 amide bonds. The minimum atomic E-state index is -1.06. The molecule has 0 aliphatic heterocycles. The summed E-state index contributed by atoms with van der Waals surface area (Å²) in [6, 6.07) is 2.88. The second-order valence-corrected chi connectivity index (χ2v) is 5.47. The molecule has 1 rings (SSSR count). The van der Waals surface area contributed by atoms with E-state index in [1.165, 1.54) is 25.2 Å². The van der Waals surface area contributed by atoms with Crippen LogP contribution < -0.4 is 9.47 Å². The summed E-state index contributed by atoms with van der Waals surface area (Å²) in [6.45, 7) is 3.16. The molecule has 0 bridgehead atoms. The van der Waals surface area contributed by atoms with Crippen LogP contribution in [0, 0.1) is 0 Å². The van der Waals surface area contributed by atoms with Crippen molar-refractivity contribution >= 4 is 27.8 Å². The van der Waals surface area contributed by atoms with Gasteiger partial charge in [-0.1, -0.05) is 0 Å². The van der Waals surface area contributed by atoms with Crippen LogP contribution in [0.2, 0.25) is 0 Å². The standard InChI is InChI=1S/C14H18BrNO5/c1-8(2)16(7-12(17)18)14(19)9-5-10(15)13(21-4)11(6-9)20-3/h5-6,8H,7H2,1-4H3,(H,17,18). The van der Waals surface area contributed by atoms with E-state index >= 15 is 0 Å². The number of carbonyl (C=O) groups is 2. The Morgan fingerprint density at radius 3 is 2.33 bits per heavy atom. The van der Waals surface area contributed by atoms with Crippen molar-refractivity contribution in [1.82, 2.24) is 4.90 Å². The number of hydrogen-bond acceptors (Lipinski definition) is 4. The maximum atomic E-state index is 12.5. The van der Waals surface area contributed by atoms with Gasteiger partial charge < -0.3 is 19.5 Å². The second kappa shape index (κ2) is 7.31. The van der Waals surface area contributed by atoms with E-state index in [1.807, 2.05) is 0 Å². The number of aliphatic carboxylic acids is 1. The van der Waals surface area contributed by atoms with Crippen LogP contribution in [0.1, 0.15) is 24.2 Å². The smallest absolute Gasteiger partial charge is 0.323 e. The Hall–Kier alpha value is -1.76. The summed E-state index contributed by atoms with van der Waals surface area (Å²) < 4.78 is 10.9. The van der Waals surface area contributed by atoms with Gasteiger partial charge in [0.2, 0.25) is 0 Å². The number of ether oxygens (including phenoxy) is 2. The van der Waals surface area contributed by atoms with Crippen LogP contribution in [0.4, 0.5) is 0 Å². The fourth-order valence-corrected chi connectivity index (χ4v) is 2.45. The average molecular weight is 360 g/mol. The predicted molar refractivity (Wildman–Crippen MR) is 81.1 cm³/mol. The summed E-state index contributed by atoms with van der Waals surface area (Å²) in [5.41, 5.74) is 0.328. The lowest BCUT2D eigenvalue weighted by molar-refractivity contribution is -0.138. The Bertz CT molecular complexity index is 544. The van der Waals surface area contributed by atoms with E-state index in [0.29, 0.717) is 21.5 Å². The van der Waals surface area contributed by atoms with Gasteiger partial charge in [-0.05, 0) is 41.9 Å². The van der Waals surface area contributed by atoms with Crippen LogP contribution >= 0.6 is 15.9 Å². The maximum absolute atomic E-state index is 12.5. The topological polar surface area (TPSA) is 76.1 Å². The zero-order chi connectivity index (χ0) is 16.2. The number of carboxylic acid groups (broad SMARTS) is 1. The van der Waals surface area contributed by atoms with Crippen LogP contribution in [0.3, 0.4) is 0 Å². The number of amides is 1. The lowest BCUT2D eigenvalue weighted by atomic mass is 10.1. The molecule has 0 fully saturated rings. The Morgan fingerprint density at radius 2 is 1.90 bits per heavy atom. The third-order valence-electron chi connectivity index (χ3n) is 2.87. The lowest BCUT2D eigenvalue weighted by Crippen LogP contribution is -2.40. The average Bonchev–Trinajstić information content (AvgIpc) is 2.42. The quantitative estimate of drug-likeness (QED) is 0.843. The molecular formula is C14H18BrNO5. The number of carboxylic acids is 1. The van der Waals surface area contributed by atoms with Crippen LogP contribution in [-0.4, -0.2) is 48.7 Å². The number of methoxy groups -OCH3 is 2. The number of benzene rings is 1. The predicted octanol–water partition coefficient (Wildman–Crippen LogP) is 2.40. The van der Waals surface area contributed by atoms with Gasteiger partial charge >= 0.3 is 5.97 Å². The molecular weight excluding hydrogens is 342 g/mol. The zero-order valence-electron chi connectivity index (χ0n) is 12.3. The molecule has 7 heteroatoms. The van der Waals surface area contributed by atoms with Crippen LogP contribution in [0.5, 0.6) is 11.5 Å². The van der Waals surface area contributed by atoms with Crippen molar-refractivity contribution in [3.05, 3.63) is 22.2 Å². The molecule has 0 unspecified atom stereocenters. The van der Waals surface area contributed by atoms with Gasteiger partial charge in [-0.2, -0.15) is 0 Å². The molecule has 116 valence electrons. The fraction of sp³-hybridized carbons (Fsp3) is 0.429. The van der Waals surface area contributed by atoms with Crippen molar-refractivity contribution in [2.75, 3.05) is 20.8 Å². The first kappa shape index (κ1) is 17.3. The first-order chi connectivity index (χ1) is 9.81. The van der Waals surface area contributed by atoms with Crippen LogP contribution in [0.25, 0.3) is 0 Å². The van der Waals surface area contributed by atoms with Gasteiger partial charge in [0, 0.05) is 11.6 Å². The van der Waals surface area contributed by atoms with E-state index in [1.54, 1.807) is 19.9 Å². The number of nitrogens with zero attached hydrogens (tertiary/aromatic N) is 1. The number of carbonyl (C=O) groups excluding carboxylic acids is 1. The zero-order valence-corrected chi connectivity index (χ0v) is 13.9. The third kappa shape index (κ3) is 4.10. The minimum absolute atomic E-state index is 0.236. The summed E-state index contributed by atoms with van der Waals surface area (Å²) in [7, 11) is 2.96. The fourth-order valence-electron chi connectivity index (χ4n) is 1.84. The molecule has 0 atom stereocenters. The van der Waals surface area contributed by atoms with E-state index in [2.05, 4.69) is 15.9 Å². The summed E-state index contributed by atoms with van der Waals surface area (Å²) in [6.07, 6.45) is 0. The van der Waals surface area contributed by atoms with Gasteiger partial charge in [-0.3, -0.25) is 9.59 Å². The summed E-state index contributed by atoms with van der Waals surface area (Å²) in [5, 5.41) is 8.92. The van der Waals surface area contributed by atoms with Gasteiger partial charge in [-0.25, -0.2) is 0 Å². The maximum Gasteiger partial charge on any atom is 0.323 e. The van der Waals surface area contributed by atoms with Crippen molar-refractivity contribution in [1.29, 1.82) is 0 Å². The second-order valence-electron chi connectivity index (χ2n) is 4.61. The Labute approximate surface area is 131 Å². The summed E-state index contributed by atoms with van der Waals surface area (Å²) in [4.78, 5) is 24.7. The van der Waals surface area contributed by atoms with Crippen molar-refractivity contribution in [3.63, 3.8) is 0 Å². The normalized spacial score (nSPS) is 10.4. The molecule has 0 spiro atoms. The third-order valence-corrected chi connectivity index (χ3v) is 3.46. The molecule has 0 radical (unpaired) electrons. The van der Waals surface area contributed by atoms with Gasteiger partial charge in [0.05, 0.1) is 18.7 Å². The van der Waals surface area contributed by atoms with Crippen LogP contribution in [0.15, 0.2) is 16.6 Å². The van der Waals surface area contributed by atoms with E-state index in [-0.39, 0.29) is 18.5 Å². The van der Waals surface area contributed by atoms with Gasteiger partial charge in [-0.15, -0.1) is 0 Å². The molecule has 0 aromatic heterocycles. The first-order valence-electron chi connectivity index (χ1n) is 6.26. The van der Waals surface area contributed by atoms with Crippen molar-refractivity contribution in [3.8, 4) is 11.5 Å². The monoisotopic (exact) mass is 359 g/mol. The summed E-state index contributed by atoms with van der Waals surface area (Å²) in [5.74, 6) is -0.566. The molecule has 0 aliphatic rings. The number of halogens is 1. The largest absolute Gasteiger partial charge is 0.493 e. The highest BCUT2D eigenvalue weighted by molar-refractivity contribution is 9.10. The minimum Gasteiger partial charge on any atom is -0.493 e. The highest BCUT2D eigenvalue weighted by Gasteiger charge is 2.23. The molecule has 1 N–H and O–H groups in total. The number of hydrogen-bond donors (Lipinski definition) is 1. The molecule has 1 aromatic rings. The molecule has 21 heavy (non-hydrogen) atoms. The van der Waals surface area contributed by atoms with E-state index in [0.717, 1.165) is 0 Å². The first-order valence-corrected chi connectivity index (χ1v) is 7.05. The number of rotatable bonds is 6. The Balaban J connectivity index is 3.22. The van der Waals surface area contributed by atoms with Gasteiger partial charge in [0.25, 0.3) is 5.91 Å². The molecule has 6 nitrogen and oxygen atoms in total. The van der Waals surface area contributed by atoms with E-state index in [4.69, 9.17) is 14.6 Å². The molecule has 0 saturated heterocycles. The Morgan fingerprint density at radius 1 is 1.29 bits per heavy atom. The van der Waals surface area contributed by atoms with Gasteiger partial charge in [0.15, 0.2) is 11.5 Å². The lowest BCUT2D eigenvalue weighted by Gasteiger charge is -2.25. The Kier molecular flexibility index (Phi) is 6.02. The van der Waals surface area contributed by atoms with Crippen molar-refractivity contribution in [2.24, 2.45) is 0 Å².